The molecular weight excluding hydrogens is 236 g/mol. The lowest BCUT2D eigenvalue weighted by atomic mass is 10.1. The molecule has 6 nitrogen and oxygen atoms in total. The van der Waals surface area contributed by atoms with Crippen molar-refractivity contribution in [3.8, 4) is 0 Å². The van der Waals surface area contributed by atoms with Crippen molar-refractivity contribution in [3.63, 3.8) is 0 Å². The molecule has 1 rings (SSSR count). The Morgan fingerprint density at radius 3 is 2.22 bits per heavy atom. The van der Waals surface area contributed by atoms with E-state index < -0.39 is 12.0 Å². The Kier molecular flexibility index (Phi) is 5.40. The molecule has 2 N–H and O–H groups in total. The maximum atomic E-state index is 11.6. The number of piperidine rings is 1. The first kappa shape index (κ1) is 14.8. The van der Waals surface area contributed by atoms with E-state index in [2.05, 4.69) is 0 Å². The minimum absolute atomic E-state index is 0.0180. The zero-order valence-corrected chi connectivity index (χ0v) is 11.2. The molecule has 1 saturated heterocycles. The summed E-state index contributed by atoms with van der Waals surface area (Å²) in [4.78, 5) is 24.2. The summed E-state index contributed by atoms with van der Waals surface area (Å²) in [5, 5.41) is 0. The van der Waals surface area contributed by atoms with E-state index >= 15 is 0 Å². The van der Waals surface area contributed by atoms with E-state index in [-0.39, 0.29) is 18.3 Å². The van der Waals surface area contributed by atoms with E-state index in [4.69, 9.17) is 15.2 Å². The van der Waals surface area contributed by atoms with E-state index in [1.165, 1.54) is 0 Å². The Balaban J connectivity index is 2.32. The van der Waals surface area contributed by atoms with Crippen LogP contribution in [0.25, 0.3) is 0 Å². The summed E-state index contributed by atoms with van der Waals surface area (Å²) in [6, 6.07) is 0. The van der Waals surface area contributed by atoms with Gasteiger partial charge in [-0.1, -0.05) is 0 Å². The monoisotopic (exact) mass is 258 g/mol. The molecule has 6 heteroatoms. The van der Waals surface area contributed by atoms with Gasteiger partial charge in [0.2, 0.25) is 5.91 Å². The molecule has 1 atom stereocenters. The fraction of sp³-hybridized carbons (Fsp3) is 0.833. The topological polar surface area (TPSA) is 81.9 Å². The number of amides is 2. The van der Waals surface area contributed by atoms with Crippen molar-refractivity contribution in [3.05, 3.63) is 0 Å². The van der Waals surface area contributed by atoms with Crippen LogP contribution in [0.2, 0.25) is 0 Å². The molecule has 0 radical (unpaired) electrons. The van der Waals surface area contributed by atoms with Crippen molar-refractivity contribution >= 4 is 12.0 Å². The standard InChI is InChI=1S/C12H22N2O4/c1-8(2)17-12(16)14-6-4-10(5-7-14)18-9(3)11(13)15/h8-10H,4-7H2,1-3H3,(H2,13,15)/t9-/m1/s1. The Hall–Kier alpha value is -1.30. The van der Waals surface area contributed by atoms with Gasteiger partial charge in [0.05, 0.1) is 12.2 Å². The lowest BCUT2D eigenvalue weighted by molar-refractivity contribution is -0.133. The van der Waals surface area contributed by atoms with Gasteiger partial charge in [0.1, 0.15) is 6.10 Å². The molecule has 104 valence electrons. The van der Waals surface area contributed by atoms with Gasteiger partial charge in [-0.3, -0.25) is 4.79 Å². The molecule has 1 aliphatic heterocycles. The van der Waals surface area contributed by atoms with E-state index in [0.29, 0.717) is 25.9 Å². The lowest BCUT2D eigenvalue weighted by Gasteiger charge is -2.32. The molecule has 0 aromatic heterocycles. The minimum Gasteiger partial charge on any atom is -0.447 e. The second-order valence-corrected chi connectivity index (χ2v) is 4.80. The van der Waals surface area contributed by atoms with Crippen LogP contribution >= 0.6 is 0 Å². The maximum absolute atomic E-state index is 11.6. The first-order chi connectivity index (χ1) is 8.40. The highest BCUT2D eigenvalue weighted by atomic mass is 16.6. The van der Waals surface area contributed by atoms with Crippen LogP contribution in [0.1, 0.15) is 33.6 Å². The number of hydrogen-bond acceptors (Lipinski definition) is 4. The molecule has 0 aliphatic carbocycles. The summed E-state index contributed by atoms with van der Waals surface area (Å²) in [6.45, 7) is 6.45. The SMILES string of the molecule is CC(C)OC(=O)N1CCC(O[C@H](C)C(N)=O)CC1. The van der Waals surface area contributed by atoms with E-state index in [1.54, 1.807) is 11.8 Å². The molecule has 1 heterocycles. The van der Waals surface area contributed by atoms with Gasteiger partial charge in [-0.25, -0.2) is 4.79 Å². The number of nitrogens with zero attached hydrogens (tertiary/aromatic N) is 1. The van der Waals surface area contributed by atoms with E-state index in [0.717, 1.165) is 0 Å². The third kappa shape index (κ3) is 4.52. The highest BCUT2D eigenvalue weighted by Gasteiger charge is 2.26. The fourth-order valence-electron chi connectivity index (χ4n) is 1.81. The van der Waals surface area contributed by atoms with Gasteiger partial charge in [-0.15, -0.1) is 0 Å². The van der Waals surface area contributed by atoms with Crippen LogP contribution in [0, 0.1) is 0 Å². The maximum Gasteiger partial charge on any atom is 0.410 e. The number of primary amides is 1. The van der Waals surface area contributed by atoms with Crippen molar-refractivity contribution < 1.29 is 19.1 Å². The molecule has 0 aromatic carbocycles. The number of ether oxygens (including phenoxy) is 2. The third-order valence-corrected chi connectivity index (χ3v) is 2.83. The van der Waals surface area contributed by atoms with Gasteiger partial charge in [0.15, 0.2) is 0 Å². The third-order valence-electron chi connectivity index (χ3n) is 2.83. The molecule has 0 unspecified atom stereocenters. The van der Waals surface area contributed by atoms with Crippen molar-refractivity contribution in [2.45, 2.75) is 51.9 Å². The zero-order valence-electron chi connectivity index (χ0n) is 11.2. The zero-order chi connectivity index (χ0) is 13.7. The summed E-state index contributed by atoms with van der Waals surface area (Å²) in [7, 11) is 0. The Morgan fingerprint density at radius 2 is 1.78 bits per heavy atom. The summed E-state index contributed by atoms with van der Waals surface area (Å²) in [6.07, 6.45) is 0.405. The Bertz CT molecular complexity index is 298. The van der Waals surface area contributed by atoms with E-state index in [1.807, 2.05) is 13.8 Å². The van der Waals surface area contributed by atoms with Crippen molar-refractivity contribution in [1.29, 1.82) is 0 Å². The van der Waals surface area contributed by atoms with Crippen LogP contribution in [0.15, 0.2) is 0 Å². The number of carbonyl (C=O) groups is 2. The average molecular weight is 258 g/mol. The summed E-state index contributed by atoms with van der Waals surface area (Å²) < 4.78 is 10.6. The average Bonchev–Trinajstić information content (AvgIpc) is 2.28. The second kappa shape index (κ2) is 6.58. The van der Waals surface area contributed by atoms with Gasteiger partial charge in [-0.05, 0) is 33.6 Å². The number of carbonyl (C=O) groups excluding carboxylic acids is 2. The van der Waals surface area contributed by atoms with Gasteiger partial charge in [0.25, 0.3) is 0 Å². The van der Waals surface area contributed by atoms with Crippen molar-refractivity contribution in [2.24, 2.45) is 5.73 Å². The normalized spacial score (nSPS) is 18.8. The quantitative estimate of drug-likeness (QED) is 0.811. The Morgan fingerprint density at radius 1 is 1.22 bits per heavy atom. The Labute approximate surface area is 107 Å². The molecule has 0 spiro atoms. The fourth-order valence-corrected chi connectivity index (χ4v) is 1.81. The van der Waals surface area contributed by atoms with Crippen LogP contribution < -0.4 is 5.73 Å². The van der Waals surface area contributed by atoms with Crippen LogP contribution in [-0.2, 0) is 14.3 Å². The predicted molar refractivity (Wildman–Crippen MR) is 66.0 cm³/mol. The number of rotatable bonds is 4. The summed E-state index contributed by atoms with van der Waals surface area (Å²) >= 11 is 0. The van der Waals surface area contributed by atoms with Gasteiger partial charge in [-0.2, -0.15) is 0 Å². The predicted octanol–water partition coefficient (Wildman–Crippen LogP) is 0.886. The minimum atomic E-state index is -0.579. The van der Waals surface area contributed by atoms with E-state index in [9.17, 15) is 9.59 Å². The summed E-state index contributed by atoms with van der Waals surface area (Å²) in [5.41, 5.74) is 5.14. The van der Waals surface area contributed by atoms with Crippen molar-refractivity contribution in [1.82, 2.24) is 4.90 Å². The first-order valence-electron chi connectivity index (χ1n) is 6.30. The van der Waals surface area contributed by atoms with Crippen LogP contribution in [0.4, 0.5) is 4.79 Å². The van der Waals surface area contributed by atoms with Crippen LogP contribution in [-0.4, -0.2) is 48.3 Å². The van der Waals surface area contributed by atoms with Crippen LogP contribution in [0.5, 0.6) is 0 Å². The highest BCUT2D eigenvalue weighted by Crippen LogP contribution is 2.16. The smallest absolute Gasteiger partial charge is 0.410 e. The molecule has 0 saturated carbocycles. The second-order valence-electron chi connectivity index (χ2n) is 4.80. The molecule has 18 heavy (non-hydrogen) atoms. The van der Waals surface area contributed by atoms with Crippen molar-refractivity contribution in [2.75, 3.05) is 13.1 Å². The van der Waals surface area contributed by atoms with Gasteiger partial charge in [0, 0.05) is 13.1 Å². The molecule has 0 aromatic rings. The lowest BCUT2D eigenvalue weighted by Crippen LogP contribution is -2.43. The molecule has 2 amide bonds. The van der Waals surface area contributed by atoms with Gasteiger partial charge >= 0.3 is 6.09 Å². The number of nitrogens with two attached hydrogens (primary N) is 1. The largest absolute Gasteiger partial charge is 0.447 e. The first-order valence-corrected chi connectivity index (χ1v) is 6.30. The van der Waals surface area contributed by atoms with Gasteiger partial charge < -0.3 is 20.1 Å². The molecular formula is C12H22N2O4. The van der Waals surface area contributed by atoms with Crippen LogP contribution in [0.3, 0.4) is 0 Å². The molecule has 0 bridgehead atoms. The highest BCUT2D eigenvalue weighted by molar-refractivity contribution is 5.78. The summed E-state index contributed by atoms with van der Waals surface area (Å²) in [5.74, 6) is -0.461. The molecule has 1 fully saturated rings. The number of hydrogen-bond donors (Lipinski definition) is 1. The molecule has 1 aliphatic rings. The number of likely N-dealkylation sites (tertiary alicyclic amines) is 1.